The van der Waals surface area contributed by atoms with Crippen molar-refractivity contribution in [3.05, 3.63) is 65.0 Å². The van der Waals surface area contributed by atoms with Crippen LogP contribution in [-0.2, 0) is 25.1 Å². The lowest BCUT2D eigenvalue weighted by molar-refractivity contribution is -0.152. The monoisotopic (exact) mass is 711 g/mol. The van der Waals surface area contributed by atoms with E-state index in [1.54, 1.807) is 31.7 Å². The second kappa shape index (κ2) is 16.3. The van der Waals surface area contributed by atoms with Gasteiger partial charge in [0, 0.05) is 31.0 Å². The van der Waals surface area contributed by atoms with E-state index in [4.69, 9.17) is 0 Å². The molecule has 4 N–H and O–H groups in total. The van der Waals surface area contributed by atoms with Gasteiger partial charge in [-0.25, -0.2) is 4.39 Å². The number of likely N-dealkylation sites (tertiary alicyclic amines) is 1. The number of hydrogen-bond acceptors (Lipinski definition) is 6. The zero-order chi connectivity index (χ0) is 37.6. The van der Waals surface area contributed by atoms with Crippen LogP contribution < -0.4 is 16.0 Å². The number of carbonyl (C=O) groups is 4. The third-order valence-electron chi connectivity index (χ3n) is 10.5. The molecule has 1 aliphatic carbocycles. The average molecular weight is 712 g/mol. The highest BCUT2D eigenvalue weighted by Crippen LogP contribution is 2.36. The number of nitrogens with one attached hydrogen (secondary N) is 3. The molecule has 0 radical (unpaired) electrons. The first kappa shape index (κ1) is 39.3. The maximum atomic E-state index is 15.8. The summed E-state index contributed by atoms with van der Waals surface area (Å²) in [7, 11) is 0. The lowest BCUT2D eigenvalue weighted by atomic mass is 9.79. The Kier molecular flexibility index (Phi) is 12.6. The number of amides is 4. The molecule has 10 nitrogen and oxygen atoms in total. The lowest BCUT2D eigenvalue weighted by Crippen LogP contribution is -2.61. The summed E-state index contributed by atoms with van der Waals surface area (Å²) in [4.78, 5) is 54.9. The number of nitriles is 1. The SMILES string of the molecule is CCC(=O)N[C@@H](C(=O)N1CCC(C)(O)CC1)[C@@H](C)c1ccc(NC(=O)[C@](C)(NC(=O)C(F)(F)c2cccc(C#N)c2)C2CCCCCC2)c(F)c1. The summed E-state index contributed by atoms with van der Waals surface area (Å²) in [5, 5.41) is 27.1. The smallest absolute Gasteiger partial charge is 0.349 e. The Morgan fingerprint density at radius 3 is 2.27 bits per heavy atom. The van der Waals surface area contributed by atoms with Gasteiger partial charge in [0.25, 0.3) is 5.91 Å². The van der Waals surface area contributed by atoms with E-state index in [0.29, 0.717) is 44.3 Å². The van der Waals surface area contributed by atoms with Crippen LogP contribution in [0.5, 0.6) is 0 Å². The first-order chi connectivity index (χ1) is 24.0. The van der Waals surface area contributed by atoms with Crippen LogP contribution >= 0.6 is 0 Å². The van der Waals surface area contributed by atoms with Gasteiger partial charge in [0.1, 0.15) is 17.4 Å². The second-order valence-electron chi connectivity index (χ2n) is 14.3. The predicted molar refractivity (Wildman–Crippen MR) is 185 cm³/mol. The highest BCUT2D eigenvalue weighted by Gasteiger charge is 2.49. The minimum Gasteiger partial charge on any atom is -0.390 e. The Morgan fingerprint density at radius 2 is 1.69 bits per heavy atom. The van der Waals surface area contributed by atoms with Crippen molar-refractivity contribution in [3.63, 3.8) is 0 Å². The molecule has 1 saturated carbocycles. The standard InChI is InChI=1S/C38H48F3N5O5/c1-5-31(47)44-32(33(48)46-19-17-36(3,51)18-20-46)24(2)26-15-16-30(29(39)22-26)43-34(49)37(4,27-12-8-6-7-9-13-27)45-35(50)38(40,41)28-14-10-11-25(21-28)23-42/h10-11,14-16,21-22,24,27,32,51H,5-9,12-13,17-20H2,1-4H3,(H,43,49)(H,44,47)(H,45,50)/t24-,32+,37+/m0/s1. The van der Waals surface area contributed by atoms with Crippen molar-refractivity contribution in [2.24, 2.45) is 5.92 Å². The maximum Gasteiger partial charge on any atom is 0.349 e. The average Bonchev–Trinajstić information content (AvgIpc) is 3.41. The van der Waals surface area contributed by atoms with Crippen LogP contribution in [0, 0.1) is 23.1 Å². The molecule has 3 atom stereocenters. The summed E-state index contributed by atoms with van der Waals surface area (Å²) < 4.78 is 46.8. The quantitative estimate of drug-likeness (QED) is 0.222. The molecule has 4 amide bonds. The number of aliphatic hydroxyl groups is 1. The summed E-state index contributed by atoms with van der Waals surface area (Å²) in [5.41, 5.74) is -3.38. The number of anilines is 1. The van der Waals surface area contributed by atoms with Crippen molar-refractivity contribution in [1.82, 2.24) is 15.5 Å². The molecule has 1 saturated heterocycles. The number of benzene rings is 2. The Balaban J connectivity index is 1.58. The van der Waals surface area contributed by atoms with E-state index in [1.165, 1.54) is 31.2 Å². The van der Waals surface area contributed by atoms with Crippen molar-refractivity contribution >= 4 is 29.3 Å². The Morgan fingerprint density at radius 1 is 1.04 bits per heavy atom. The zero-order valence-corrected chi connectivity index (χ0v) is 29.7. The van der Waals surface area contributed by atoms with Crippen LogP contribution in [0.15, 0.2) is 42.5 Å². The van der Waals surface area contributed by atoms with Gasteiger partial charge in [0.2, 0.25) is 17.7 Å². The van der Waals surface area contributed by atoms with Gasteiger partial charge in [0.15, 0.2) is 0 Å². The molecule has 2 fully saturated rings. The molecule has 2 aliphatic rings. The van der Waals surface area contributed by atoms with Crippen molar-refractivity contribution in [2.45, 2.75) is 115 Å². The van der Waals surface area contributed by atoms with E-state index in [2.05, 4.69) is 16.0 Å². The molecule has 2 aromatic carbocycles. The Hall–Kier alpha value is -4.44. The topological polar surface area (TPSA) is 152 Å². The number of carbonyl (C=O) groups excluding carboxylic acids is 4. The number of piperidine rings is 1. The predicted octanol–water partition coefficient (Wildman–Crippen LogP) is 5.64. The maximum absolute atomic E-state index is 15.8. The number of alkyl halides is 2. The first-order valence-corrected chi connectivity index (χ1v) is 17.6. The van der Waals surface area contributed by atoms with Crippen LogP contribution in [-0.4, -0.2) is 63.9 Å². The molecule has 1 aliphatic heterocycles. The van der Waals surface area contributed by atoms with Crippen molar-refractivity contribution in [2.75, 3.05) is 18.4 Å². The van der Waals surface area contributed by atoms with Gasteiger partial charge in [-0.2, -0.15) is 14.0 Å². The summed E-state index contributed by atoms with van der Waals surface area (Å²) in [6.45, 7) is 7.00. The number of halogens is 3. The zero-order valence-electron chi connectivity index (χ0n) is 29.7. The van der Waals surface area contributed by atoms with Gasteiger partial charge in [-0.3, -0.25) is 19.2 Å². The van der Waals surface area contributed by atoms with Gasteiger partial charge >= 0.3 is 5.92 Å². The molecule has 276 valence electrons. The molecule has 0 aromatic heterocycles. The Labute approximate surface area is 297 Å². The van der Waals surface area contributed by atoms with Gasteiger partial charge in [-0.05, 0) is 75.3 Å². The molecular formula is C38H48F3N5O5. The van der Waals surface area contributed by atoms with Crippen LogP contribution in [0.2, 0.25) is 0 Å². The van der Waals surface area contributed by atoms with Crippen LogP contribution in [0.3, 0.4) is 0 Å². The van der Waals surface area contributed by atoms with E-state index in [1.807, 2.05) is 0 Å². The molecule has 13 heteroatoms. The number of nitrogens with zero attached hydrogens (tertiary/aromatic N) is 2. The Bertz CT molecular complexity index is 1640. The fraction of sp³-hybridized carbons (Fsp3) is 0.553. The van der Waals surface area contributed by atoms with E-state index in [9.17, 15) is 29.5 Å². The fourth-order valence-corrected chi connectivity index (χ4v) is 6.87. The normalized spacial score (nSPS) is 19.0. The fourth-order valence-electron chi connectivity index (χ4n) is 6.87. The van der Waals surface area contributed by atoms with Crippen LogP contribution in [0.4, 0.5) is 18.9 Å². The van der Waals surface area contributed by atoms with Gasteiger partial charge < -0.3 is 26.0 Å². The van der Waals surface area contributed by atoms with Crippen molar-refractivity contribution in [3.8, 4) is 6.07 Å². The first-order valence-electron chi connectivity index (χ1n) is 17.6. The van der Waals surface area contributed by atoms with Crippen molar-refractivity contribution < 1.29 is 37.5 Å². The van der Waals surface area contributed by atoms with E-state index >= 15 is 13.2 Å². The van der Waals surface area contributed by atoms with Crippen molar-refractivity contribution in [1.29, 1.82) is 5.26 Å². The second-order valence-corrected chi connectivity index (χ2v) is 14.3. The summed E-state index contributed by atoms with van der Waals surface area (Å²) in [6.07, 6.45) is 5.03. The van der Waals surface area contributed by atoms with E-state index < -0.39 is 58.1 Å². The molecule has 51 heavy (non-hydrogen) atoms. The molecule has 2 aromatic rings. The largest absolute Gasteiger partial charge is 0.390 e. The van der Waals surface area contributed by atoms with E-state index in [-0.39, 0.29) is 29.5 Å². The molecule has 4 rings (SSSR count). The molecule has 1 heterocycles. The van der Waals surface area contributed by atoms with Crippen LogP contribution in [0.25, 0.3) is 0 Å². The summed E-state index contributed by atoms with van der Waals surface area (Å²) in [6, 6.07) is 9.25. The van der Waals surface area contributed by atoms with Gasteiger partial charge in [0.05, 0.1) is 22.9 Å². The third-order valence-corrected chi connectivity index (χ3v) is 10.5. The minimum atomic E-state index is -4.07. The van der Waals surface area contributed by atoms with Gasteiger partial charge in [-0.15, -0.1) is 0 Å². The number of rotatable bonds is 11. The molecular weight excluding hydrogens is 663 g/mol. The molecule has 0 unspecified atom stereocenters. The summed E-state index contributed by atoms with van der Waals surface area (Å²) in [5.74, 6) is -9.45. The highest BCUT2D eigenvalue weighted by atomic mass is 19.3. The molecule has 0 spiro atoms. The van der Waals surface area contributed by atoms with E-state index in [0.717, 1.165) is 43.9 Å². The highest BCUT2D eigenvalue weighted by molar-refractivity contribution is 6.01. The molecule has 0 bridgehead atoms. The number of hydrogen-bond donors (Lipinski definition) is 4. The minimum absolute atomic E-state index is 0.0540. The van der Waals surface area contributed by atoms with Crippen LogP contribution in [0.1, 0.15) is 108 Å². The lowest BCUT2D eigenvalue weighted by Gasteiger charge is -2.38. The van der Waals surface area contributed by atoms with Gasteiger partial charge in [-0.1, -0.05) is 57.7 Å². The summed E-state index contributed by atoms with van der Waals surface area (Å²) >= 11 is 0. The third kappa shape index (κ3) is 9.27.